The Balaban J connectivity index is 0.000000232. The second kappa shape index (κ2) is 42.9. The van der Waals surface area contributed by atoms with Crippen LogP contribution in [-0.4, -0.2) is 95.8 Å². The second-order valence-corrected chi connectivity index (χ2v) is 36.3. The van der Waals surface area contributed by atoms with Crippen molar-refractivity contribution < 1.29 is 38.4 Å². The Bertz CT molecular complexity index is 5230. The van der Waals surface area contributed by atoms with Crippen molar-refractivity contribution in [1.82, 2.24) is 50.4 Å². The summed E-state index contributed by atoms with van der Waals surface area (Å²) in [4.78, 5) is 130. The first-order chi connectivity index (χ1) is 57.9. The minimum absolute atomic E-state index is 0.0231. The lowest BCUT2D eigenvalue weighted by Crippen LogP contribution is -2.53. The molecule has 5 saturated heterocycles. The molecule has 0 radical (unpaired) electrons. The van der Waals surface area contributed by atoms with Crippen molar-refractivity contribution in [2.24, 2.45) is 0 Å². The number of fused-ring (bicyclic) bond motifs is 5. The maximum absolute atomic E-state index is 12.9. The van der Waals surface area contributed by atoms with Crippen LogP contribution in [0.3, 0.4) is 0 Å². The minimum Gasteiger partial charge on any atom is -0.329 e. The van der Waals surface area contributed by atoms with Gasteiger partial charge < -0.3 is 50.4 Å². The third-order valence-electron chi connectivity index (χ3n) is 22.7. The Morgan fingerprint density at radius 1 is 0.309 bits per heavy atom. The van der Waals surface area contributed by atoms with Gasteiger partial charge in [-0.15, -0.1) is 0 Å². The maximum Gasteiger partial charge on any atom is 0.259 e. The number of piperidine rings is 5. The van der Waals surface area contributed by atoms with Crippen molar-refractivity contribution in [2.75, 3.05) is 6.54 Å². The van der Waals surface area contributed by atoms with Gasteiger partial charge in [-0.25, -0.2) is 0 Å². The summed E-state index contributed by atoms with van der Waals surface area (Å²) in [6.07, 6.45) is 11.0. The zero-order valence-electron chi connectivity index (χ0n) is 78.6. The van der Waals surface area contributed by atoms with Crippen molar-refractivity contribution >= 4 is 68.8 Å². The van der Waals surface area contributed by atoms with Crippen molar-refractivity contribution in [3.63, 3.8) is 0 Å². The Morgan fingerprint density at radius 2 is 0.642 bits per heavy atom. The fourth-order valence-electron chi connectivity index (χ4n) is 15.8. The normalized spacial score (nSPS) is 19.3. The molecule has 5 fully saturated rings. The van der Waals surface area contributed by atoms with Gasteiger partial charge in [0.25, 0.3) is 28.8 Å². The molecule has 15 rings (SSSR count). The predicted octanol–water partition coefficient (Wildman–Crippen LogP) is 19.9. The van der Waals surface area contributed by atoms with Crippen LogP contribution in [0.15, 0.2) is 186 Å². The molecule has 20 nitrogen and oxygen atoms in total. The molecule has 8 amide bonds. The van der Waals surface area contributed by atoms with Gasteiger partial charge in [0.15, 0.2) is 0 Å². The number of rotatable bonds is 5. The van der Waals surface area contributed by atoms with Gasteiger partial charge in [-0.05, 0) is 195 Å². The van der Waals surface area contributed by atoms with E-state index >= 15 is 0 Å². The number of benzene rings is 5. The zero-order chi connectivity index (χ0) is 92.5. The lowest BCUT2D eigenvalue weighted by Gasteiger charge is -2.37. The summed E-state index contributed by atoms with van der Waals surface area (Å²) in [5, 5.41) is 16.9. The molecular formula is C103H142N10O10. The van der Waals surface area contributed by atoms with Gasteiger partial charge in [-0.2, -0.15) is 0 Å². The van der Waals surface area contributed by atoms with Crippen LogP contribution >= 0.6 is 0 Å². The quantitative estimate of drug-likeness (QED) is 0.109. The molecule has 0 spiro atoms. The molecule has 0 aliphatic carbocycles. The second-order valence-electron chi connectivity index (χ2n) is 36.3. The van der Waals surface area contributed by atoms with Crippen LogP contribution in [0.1, 0.15) is 325 Å². The van der Waals surface area contributed by atoms with E-state index in [-0.39, 0.29) is 97.5 Å². The Labute approximate surface area is 733 Å². The molecule has 20 heteroatoms. The van der Waals surface area contributed by atoms with Gasteiger partial charge in [0.2, 0.25) is 29.5 Å². The van der Waals surface area contributed by atoms with Crippen LogP contribution < -0.4 is 37.7 Å². The molecule has 2 aromatic heterocycles. The van der Waals surface area contributed by atoms with Crippen molar-refractivity contribution in [1.29, 1.82) is 0 Å². The molecule has 0 saturated carbocycles. The van der Waals surface area contributed by atoms with Gasteiger partial charge in [-0.1, -0.05) is 267 Å². The van der Waals surface area contributed by atoms with Gasteiger partial charge in [0.1, 0.15) is 30.2 Å². The molecule has 664 valence electrons. The highest BCUT2D eigenvalue weighted by Crippen LogP contribution is 2.38. The smallest absolute Gasteiger partial charge is 0.259 e. The van der Waals surface area contributed by atoms with Crippen LogP contribution in [0.25, 0.3) is 21.5 Å². The molecule has 5 N–H and O–H groups in total. The van der Waals surface area contributed by atoms with Gasteiger partial charge in [0.05, 0.1) is 0 Å². The number of pyridine rings is 2. The summed E-state index contributed by atoms with van der Waals surface area (Å²) in [6.45, 7) is 72.8. The number of nitrogens with zero attached hydrogens (tertiary/aromatic N) is 5. The molecule has 10 heterocycles. The Kier molecular flexibility index (Phi) is 35.1. The van der Waals surface area contributed by atoms with E-state index < -0.39 is 18.1 Å². The summed E-state index contributed by atoms with van der Waals surface area (Å²) >= 11 is 0. The van der Waals surface area contributed by atoms with Crippen molar-refractivity contribution in [3.05, 3.63) is 259 Å². The maximum atomic E-state index is 12.9. The SMILES string of the molecule is C=C1CCC(N2CCc3cc(C(C)(C)C)ccc3C2=O)C(=O)N1.C=C1CCC(N2Cc3c(cccc3C(C)(C)C)C2=O)C(=O)N1.C=C1CCC(N2Cc3cc(C(C)(C)C)ccc3C2=O)C(=O)N1.C=C1CCC(n2ccc3cc(C(C)(C)C)ccc3c2=O)C(=O)N1.C=C1CCC(n2ccc3ccc(C(C)(C)C)cc3c2=O)C(=O)N1.CC.CC.CC.CC.CC. The molecule has 0 bridgehead atoms. The first-order valence-corrected chi connectivity index (χ1v) is 44.4. The lowest BCUT2D eigenvalue weighted by molar-refractivity contribution is -0.127. The fraction of sp³-hybridized carbons (Fsp3) is 0.476. The summed E-state index contributed by atoms with van der Waals surface area (Å²) in [5.74, 6) is -0.757. The van der Waals surface area contributed by atoms with Crippen LogP contribution in [0.4, 0.5) is 0 Å². The van der Waals surface area contributed by atoms with Crippen LogP contribution in [0, 0.1) is 0 Å². The first-order valence-electron chi connectivity index (χ1n) is 44.4. The standard InChI is InChI=1S/C19H24N2O2.2C19H22N2O2.2C18H22N2O2.5C2H6/c2*1-12-5-8-16(17(22)20-12)21-10-9-13-11-14(19(2,3)4)6-7-15(13)18(21)23;1-12-5-8-16(17(22)20-12)21-10-9-13-6-7-14(19(2,3)4)11-15(13)18(21)23;1-11-5-8-15(16(21)19-11)20-10-12-9-13(18(2,3)4)6-7-14(12)17(20)22;1-11-8-9-15(16(21)19-11)20-10-13-12(17(20)22)6-5-7-14(13)18(2,3)4;5*1-2/h6-7,11,16H,1,5,8-10H2,2-4H3,(H,20,22);2*6-7,9-11,16H,1,5,8H2,2-4H3,(H,20,22);6-7,9,15H,1,5,8,10H2,2-4H3,(H,19,21);5-7,15H,1,8-10H2,2-4H3,(H,19,21);5*1-2H3. The summed E-state index contributed by atoms with van der Waals surface area (Å²) in [6, 6.07) is 31.7. The third-order valence-corrected chi connectivity index (χ3v) is 22.7. The van der Waals surface area contributed by atoms with Crippen LogP contribution in [0.2, 0.25) is 0 Å². The number of aromatic nitrogens is 2. The topological polar surface area (TPSA) is 250 Å². The number of nitrogens with one attached hydrogen (secondary N) is 5. The van der Waals surface area contributed by atoms with Gasteiger partial charge in [0, 0.05) is 88.0 Å². The van der Waals surface area contributed by atoms with Crippen LogP contribution in [-0.2, 0) is 70.6 Å². The van der Waals surface area contributed by atoms with Gasteiger partial charge in [-0.3, -0.25) is 47.9 Å². The minimum atomic E-state index is -0.462. The molecule has 5 aromatic carbocycles. The molecule has 8 aliphatic heterocycles. The lowest BCUT2D eigenvalue weighted by atomic mass is 9.83. The predicted molar refractivity (Wildman–Crippen MR) is 502 cm³/mol. The summed E-state index contributed by atoms with van der Waals surface area (Å²) < 4.78 is 3.09. The molecular weight excluding hydrogens is 1540 g/mol. The van der Waals surface area contributed by atoms with Crippen molar-refractivity contribution in [3.8, 4) is 0 Å². The number of allylic oxidation sites excluding steroid dienone is 5. The average Bonchev–Trinajstić information content (AvgIpc) is 1.70. The Hall–Kier alpha value is -11.0. The van der Waals surface area contributed by atoms with E-state index in [4.69, 9.17) is 0 Å². The van der Waals surface area contributed by atoms with E-state index in [9.17, 15) is 47.9 Å². The highest BCUT2D eigenvalue weighted by atomic mass is 16.2. The monoisotopic (exact) mass is 1680 g/mol. The largest absolute Gasteiger partial charge is 0.329 e. The van der Waals surface area contributed by atoms with Crippen molar-refractivity contribution in [2.45, 2.75) is 314 Å². The summed E-state index contributed by atoms with van der Waals surface area (Å²) in [5.41, 5.74) is 14.8. The van der Waals surface area contributed by atoms with E-state index in [2.05, 4.69) is 194 Å². The molecule has 5 unspecified atom stereocenters. The molecule has 123 heavy (non-hydrogen) atoms. The highest BCUT2D eigenvalue weighted by molar-refractivity contribution is 6.03. The van der Waals surface area contributed by atoms with Gasteiger partial charge >= 0.3 is 0 Å². The van der Waals surface area contributed by atoms with Crippen LogP contribution in [0.5, 0.6) is 0 Å². The highest BCUT2D eigenvalue weighted by Gasteiger charge is 2.43. The molecule has 8 aliphatic rings. The average molecular weight is 1680 g/mol. The number of carbonyl (C=O) groups is 8. The third kappa shape index (κ3) is 24.3. The number of amides is 8. The van der Waals surface area contributed by atoms with E-state index in [0.29, 0.717) is 75.4 Å². The zero-order valence-corrected chi connectivity index (χ0v) is 78.6. The Morgan fingerprint density at radius 3 is 1.06 bits per heavy atom. The summed E-state index contributed by atoms with van der Waals surface area (Å²) in [7, 11) is 0. The first kappa shape index (κ1) is 101. The van der Waals surface area contributed by atoms with E-state index in [0.717, 1.165) is 104 Å². The van der Waals surface area contributed by atoms with E-state index in [1.807, 2.05) is 142 Å². The fourth-order valence-corrected chi connectivity index (χ4v) is 15.8. The van der Waals surface area contributed by atoms with E-state index in [1.54, 1.807) is 36.2 Å². The number of hydrogen-bond donors (Lipinski definition) is 5. The number of hydrogen-bond acceptors (Lipinski definition) is 10. The number of carbonyl (C=O) groups excluding carboxylic acids is 8. The molecule has 7 aromatic rings. The molecule has 5 atom stereocenters. The van der Waals surface area contributed by atoms with E-state index in [1.165, 1.54) is 22.3 Å².